The van der Waals surface area contributed by atoms with Gasteiger partial charge in [0.25, 0.3) is 0 Å². The second-order valence-electron chi connectivity index (χ2n) is 17.5. The van der Waals surface area contributed by atoms with Crippen LogP contribution in [-0.2, 0) is 28.5 Å². The number of nitrogens with zero attached hydrogens (tertiary/aromatic N) is 4. The Hall–Kier alpha value is -5.45. The summed E-state index contributed by atoms with van der Waals surface area (Å²) in [5, 5.41) is 5.42. The summed E-state index contributed by atoms with van der Waals surface area (Å²) >= 11 is 0. The minimum atomic E-state index is -0.901. The summed E-state index contributed by atoms with van der Waals surface area (Å²) in [4.78, 5) is 73.7. The molecule has 2 aromatic carbocycles. The number of amides is 4. The van der Waals surface area contributed by atoms with Crippen molar-refractivity contribution in [2.24, 2.45) is 11.8 Å². The van der Waals surface area contributed by atoms with E-state index in [1.807, 2.05) is 22.2 Å². The number of benzene rings is 2. The Morgan fingerprint density at radius 1 is 0.635 bits per heavy atom. The first kappa shape index (κ1) is 44.2. The molecule has 16 nitrogen and oxygen atoms in total. The fourth-order valence-corrected chi connectivity index (χ4v) is 11.0. The van der Waals surface area contributed by atoms with Gasteiger partial charge in [-0.2, -0.15) is 0 Å². The van der Waals surface area contributed by atoms with E-state index in [1.54, 1.807) is 13.8 Å². The Bertz CT molecular complexity index is 2190. The number of aromatic nitrogens is 4. The van der Waals surface area contributed by atoms with E-state index in [9.17, 15) is 19.2 Å². The third-order valence-electron chi connectivity index (χ3n) is 14.4. The Morgan fingerprint density at radius 2 is 1.05 bits per heavy atom. The summed E-state index contributed by atoms with van der Waals surface area (Å²) < 4.78 is 20.8. The maximum atomic E-state index is 14.2. The van der Waals surface area contributed by atoms with Crippen LogP contribution in [0.5, 0.6) is 0 Å². The van der Waals surface area contributed by atoms with Gasteiger partial charge in [-0.3, -0.25) is 9.59 Å². The van der Waals surface area contributed by atoms with Crippen LogP contribution in [-0.4, -0.2) is 119 Å². The predicted octanol–water partition coefficient (Wildman–Crippen LogP) is 6.94. The third kappa shape index (κ3) is 7.84. The molecule has 0 bridgehead atoms. The van der Waals surface area contributed by atoms with E-state index in [-0.39, 0.29) is 48.4 Å². The molecule has 9 rings (SSSR count). The first-order valence-corrected chi connectivity index (χ1v) is 21.8. The maximum absolute atomic E-state index is 14.2. The molecule has 0 radical (unpaired) electrons. The lowest BCUT2D eigenvalue weighted by molar-refractivity contribution is -0.140. The van der Waals surface area contributed by atoms with Crippen molar-refractivity contribution in [3.8, 4) is 44.8 Å². The number of hydrogen-bond acceptors (Lipinski definition) is 10. The summed E-state index contributed by atoms with van der Waals surface area (Å²) in [5.41, 5.74) is 8.32. The van der Waals surface area contributed by atoms with Gasteiger partial charge in [0, 0.05) is 37.4 Å². The highest BCUT2D eigenvalue weighted by Gasteiger charge is 2.51. The molecule has 0 unspecified atom stereocenters. The maximum Gasteiger partial charge on any atom is 0.407 e. The average Bonchev–Trinajstić information content (AvgIpc) is 4.14. The van der Waals surface area contributed by atoms with Crippen LogP contribution in [0.15, 0.2) is 48.8 Å². The zero-order chi connectivity index (χ0) is 43.4. The molecule has 3 aliphatic carbocycles. The highest BCUT2D eigenvalue weighted by atomic mass is 35.5. The minimum absolute atomic E-state index is 0. The number of rotatable bonds is 12. The summed E-state index contributed by atoms with van der Waals surface area (Å²) in [6.45, 7) is 3.54. The number of hydrogen-bond donors (Lipinski definition) is 4. The van der Waals surface area contributed by atoms with Crippen molar-refractivity contribution >= 4 is 36.4 Å². The zero-order valence-corrected chi connectivity index (χ0v) is 37.3. The van der Waals surface area contributed by atoms with Gasteiger partial charge in [-0.05, 0) is 98.6 Å². The van der Waals surface area contributed by atoms with Crippen molar-refractivity contribution < 1.29 is 38.1 Å². The molecule has 2 aliphatic heterocycles. The molecule has 10 atom stereocenters. The van der Waals surface area contributed by atoms with Crippen LogP contribution in [0, 0.1) is 11.8 Å². The molecule has 63 heavy (non-hydrogen) atoms. The normalized spacial score (nSPS) is 24.7. The average molecular weight is 885 g/mol. The van der Waals surface area contributed by atoms with E-state index in [0.717, 1.165) is 108 Å². The molecule has 4 aromatic rings. The lowest BCUT2D eigenvalue weighted by Gasteiger charge is -2.34. The molecule has 4 N–H and O–H groups in total. The number of nitrogens with one attached hydrogen (secondary N) is 4. The van der Waals surface area contributed by atoms with E-state index in [0.29, 0.717) is 11.8 Å². The second-order valence-corrected chi connectivity index (χ2v) is 17.5. The Morgan fingerprint density at radius 3 is 1.43 bits per heavy atom. The van der Waals surface area contributed by atoms with Crippen LogP contribution in [0.4, 0.5) is 9.59 Å². The van der Waals surface area contributed by atoms with Gasteiger partial charge in [0.1, 0.15) is 23.7 Å². The molecule has 17 heteroatoms. The van der Waals surface area contributed by atoms with Gasteiger partial charge >= 0.3 is 12.2 Å². The second kappa shape index (κ2) is 18.0. The molecule has 0 spiro atoms. The van der Waals surface area contributed by atoms with Gasteiger partial charge in [-0.1, -0.05) is 37.1 Å². The largest absolute Gasteiger partial charge is 0.453 e. The molecule has 2 saturated heterocycles. The summed E-state index contributed by atoms with van der Waals surface area (Å²) in [6.07, 6.45) is 8.84. The quantitative estimate of drug-likeness (QED) is 0.102. The van der Waals surface area contributed by atoms with E-state index >= 15 is 0 Å². The molecule has 2 aromatic heterocycles. The van der Waals surface area contributed by atoms with E-state index < -0.39 is 36.5 Å². The standard InChI is InChI=1S/C46H56N8O8.ClH/c1-23(59-3)39(51-45(57)61-5)43(55)53-35-11-7-9-27(35)19-37(53)41-47-21-33(49-41)25-13-15-29-31(17-25)30-16-14-26(18-32(29)30)34-22-48-42(50-34)38-20-28-10-8-12-36(28)54(38)44(56)40(24(2)60-4)52-46(58)62-6;/h13-18,21-24,27-28,35-40H,7-12,19-20H2,1-6H3,(H,47,49)(H,48,50)(H,51,57)(H,52,58);1H/t23-,24-,27+,28+,35+,36+,37+,38+,39+,40+;/m1./s1. The summed E-state index contributed by atoms with van der Waals surface area (Å²) in [5.74, 6) is 1.79. The Balaban J connectivity index is 0.00000544. The topological polar surface area (TPSA) is 193 Å². The molecule has 4 fully saturated rings. The van der Waals surface area contributed by atoms with Crippen molar-refractivity contribution in [2.75, 3.05) is 28.4 Å². The van der Waals surface area contributed by atoms with Gasteiger partial charge < -0.3 is 49.3 Å². The highest BCUT2D eigenvalue weighted by Crippen LogP contribution is 2.51. The van der Waals surface area contributed by atoms with Crippen LogP contribution >= 0.6 is 12.4 Å². The van der Waals surface area contributed by atoms with E-state index in [1.165, 1.54) is 28.4 Å². The molecular formula is C46H57ClN8O8. The lowest BCUT2D eigenvalue weighted by Crippen LogP contribution is -2.55. The van der Waals surface area contributed by atoms with Crippen molar-refractivity contribution in [2.45, 2.75) is 114 Å². The summed E-state index contributed by atoms with van der Waals surface area (Å²) in [7, 11) is 5.62. The predicted molar refractivity (Wildman–Crippen MR) is 236 cm³/mol. The van der Waals surface area contributed by atoms with Crippen LogP contribution in [0.1, 0.15) is 88.9 Å². The Kier molecular flexibility index (Phi) is 12.6. The van der Waals surface area contributed by atoms with Gasteiger partial charge in [0.15, 0.2) is 0 Å². The lowest BCUT2D eigenvalue weighted by atomic mass is 9.78. The first-order chi connectivity index (χ1) is 30.0. The molecular weight excluding hydrogens is 828 g/mol. The molecule has 336 valence electrons. The number of aromatic amines is 2. The van der Waals surface area contributed by atoms with Gasteiger partial charge in [-0.25, -0.2) is 19.6 Å². The number of ether oxygens (including phenoxy) is 4. The number of carbonyl (C=O) groups is 4. The smallest absolute Gasteiger partial charge is 0.407 e. The summed E-state index contributed by atoms with van der Waals surface area (Å²) in [6, 6.07) is 10.6. The number of halogens is 1. The molecule has 5 aliphatic rings. The van der Waals surface area contributed by atoms with Crippen molar-refractivity contribution in [1.29, 1.82) is 0 Å². The van der Waals surface area contributed by atoms with E-state index in [4.69, 9.17) is 28.9 Å². The Labute approximate surface area is 373 Å². The number of likely N-dealkylation sites (tertiary alicyclic amines) is 2. The van der Waals surface area contributed by atoms with Crippen LogP contribution in [0.2, 0.25) is 0 Å². The van der Waals surface area contributed by atoms with Crippen molar-refractivity contribution in [3.05, 3.63) is 60.4 Å². The van der Waals surface area contributed by atoms with E-state index in [2.05, 4.69) is 57.0 Å². The number of methoxy groups -OCH3 is 4. The van der Waals surface area contributed by atoms with Gasteiger partial charge in [0.2, 0.25) is 11.8 Å². The number of carbonyl (C=O) groups excluding carboxylic acids is 4. The number of alkyl carbamates (subject to hydrolysis) is 2. The monoisotopic (exact) mass is 884 g/mol. The van der Waals surface area contributed by atoms with Crippen LogP contribution in [0.25, 0.3) is 44.8 Å². The van der Waals surface area contributed by atoms with Gasteiger partial charge in [-0.15, -0.1) is 12.4 Å². The zero-order valence-electron chi connectivity index (χ0n) is 36.5. The molecule has 4 amide bonds. The molecule has 2 saturated carbocycles. The molecule has 4 heterocycles. The fraction of sp³-hybridized carbons (Fsp3) is 0.522. The minimum Gasteiger partial charge on any atom is -0.453 e. The number of imidazole rings is 2. The fourth-order valence-electron chi connectivity index (χ4n) is 11.0. The number of fused-ring (bicyclic) bond motifs is 6. The SMILES string of the molecule is COC(=O)N[C@H](C(=O)N1[C@H](c2ncc(-c3ccc4c(c3)-c3ccc(-c5cnc([C@@H]6C[C@@H]7CCC[C@@H]7N6C(=O)[C@@H](NC(=O)OC)[C@@H](C)OC)[nH]5)cc3-4)[nH]2)C[C@@H]2CCC[C@@H]21)[C@@H](C)OC.Cl. The van der Waals surface area contributed by atoms with Crippen LogP contribution < -0.4 is 10.6 Å². The van der Waals surface area contributed by atoms with Crippen molar-refractivity contribution in [1.82, 2.24) is 40.4 Å². The number of H-pyrrole nitrogens is 2. The van der Waals surface area contributed by atoms with Crippen LogP contribution in [0.3, 0.4) is 0 Å². The van der Waals surface area contributed by atoms with Crippen molar-refractivity contribution in [3.63, 3.8) is 0 Å². The van der Waals surface area contributed by atoms with Gasteiger partial charge in [0.05, 0.1) is 62.3 Å². The third-order valence-corrected chi connectivity index (χ3v) is 14.4. The highest BCUT2D eigenvalue weighted by molar-refractivity contribution is 6.04. The first-order valence-electron chi connectivity index (χ1n) is 21.8.